The van der Waals surface area contributed by atoms with E-state index in [2.05, 4.69) is 42.3 Å². The van der Waals surface area contributed by atoms with Crippen molar-refractivity contribution in [2.45, 2.75) is 113 Å². The van der Waals surface area contributed by atoms with Gasteiger partial charge in [-0.2, -0.15) is 18.4 Å². The maximum atomic E-state index is 13.9. The number of benzene rings is 8. The van der Waals surface area contributed by atoms with Crippen LogP contribution in [0, 0.1) is 22.6 Å². The second kappa shape index (κ2) is 42.6. The molecule has 137 heavy (non-hydrogen) atoms. The molecule has 0 bridgehead atoms. The number of rotatable bonds is 25. The van der Waals surface area contributed by atoms with Crippen molar-refractivity contribution < 1.29 is 112 Å². The Kier molecular flexibility index (Phi) is 30.3. The highest BCUT2D eigenvalue weighted by Crippen LogP contribution is 2.48. The molecule has 18 rings (SSSR count). The number of ether oxygens (including phenoxy) is 4. The lowest BCUT2D eigenvalue weighted by molar-refractivity contribution is -0.138. The number of sulfone groups is 1. The molecule has 0 spiro atoms. The van der Waals surface area contributed by atoms with Crippen LogP contribution >= 0.6 is 0 Å². The predicted octanol–water partition coefficient (Wildman–Crippen LogP) is 11.9. The number of hydrogen-bond acceptors (Lipinski definition) is 23. The molecule has 12 aromatic rings. The van der Waals surface area contributed by atoms with Crippen LogP contribution < -0.4 is 40.9 Å². The number of alkyl halides is 5. The molecule has 8 N–H and O–H groups in total. The molecule has 8 heterocycles. The van der Waals surface area contributed by atoms with E-state index in [4.69, 9.17) is 34.3 Å². The van der Waals surface area contributed by atoms with Crippen LogP contribution in [0.25, 0.3) is 44.1 Å². The summed E-state index contributed by atoms with van der Waals surface area (Å²) in [4.78, 5) is 126. The number of nitrogens with zero attached hydrogens (tertiary/aromatic N) is 13. The van der Waals surface area contributed by atoms with Crippen LogP contribution in [0.5, 0.6) is 0 Å². The second-order valence-corrected chi connectivity index (χ2v) is 35.7. The molecule has 4 saturated heterocycles. The van der Waals surface area contributed by atoms with Crippen molar-refractivity contribution in [2.24, 2.45) is 5.41 Å². The van der Waals surface area contributed by atoms with E-state index in [9.17, 15) is 88.4 Å². The number of morpholine rings is 4. The van der Waals surface area contributed by atoms with Crippen LogP contribution in [0.3, 0.4) is 0 Å². The minimum absolute atomic E-state index is 0.0205. The molecule has 8 aromatic carbocycles. The van der Waals surface area contributed by atoms with E-state index in [-0.39, 0.29) is 133 Å². The van der Waals surface area contributed by atoms with Gasteiger partial charge < -0.3 is 77.2 Å². The number of fused-ring (bicyclic) bond motifs is 4. The molecule has 0 unspecified atom stereocenters. The first-order chi connectivity index (χ1) is 65.8. The number of anilines is 8. The minimum Gasteiger partial charge on any atom is -0.396 e. The normalized spacial score (nSPS) is 17.1. The second-order valence-electron chi connectivity index (χ2n) is 33.7. The summed E-state index contributed by atoms with van der Waals surface area (Å²) in [6.07, 6.45) is -0.657. The number of carbonyl (C=O) groups is 8. The third kappa shape index (κ3) is 22.9. The van der Waals surface area contributed by atoms with Crippen molar-refractivity contribution >= 4 is 148 Å². The predicted molar refractivity (Wildman–Crippen MR) is 492 cm³/mol. The molecule has 2 aliphatic carbocycles. The third-order valence-corrected chi connectivity index (χ3v) is 25.3. The average molecular weight is 1910 g/mol. The van der Waals surface area contributed by atoms with Crippen LogP contribution in [0.4, 0.5) is 72.9 Å². The molecular formula is C95H97F6N17O18S. The Morgan fingerprint density at radius 3 is 1.46 bits per heavy atom. The Bertz CT molecular complexity index is 6750. The molecule has 8 amide bonds. The van der Waals surface area contributed by atoms with Gasteiger partial charge >= 0.3 is 6.18 Å². The molecule has 6 aliphatic rings. The van der Waals surface area contributed by atoms with Crippen LogP contribution in [0.1, 0.15) is 141 Å². The maximum Gasteiger partial charge on any atom is 0.416 e. The van der Waals surface area contributed by atoms with Crippen molar-refractivity contribution in [2.75, 3.05) is 146 Å². The van der Waals surface area contributed by atoms with Crippen LogP contribution in [-0.2, 0) is 67.2 Å². The topological polar surface area (TPSA) is 445 Å². The Morgan fingerprint density at radius 1 is 0.526 bits per heavy atom. The maximum absolute atomic E-state index is 13.9. The number of aliphatic hydroxyl groups is 4. The molecule has 1 atom stereocenters. The summed E-state index contributed by atoms with van der Waals surface area (Å²) in [6, 6.07) is 42.8. The van der Waals surface area contributed by atoms with E-state index in [1.54, 1.807) is 78.8 Å². The standard InChI is InChI=1S/C25H25N5O4.C24H22F4N4O4.C23H24F2N4O4.C23H26N4O6S/c26-14-16-2-1-3-17(12-16)24(33)28-25-27-21-13-19(29-10-11-34-15-23(29)32)6-9-22(21)30(25)18-4-7-20(31)8-5-18;25-16-8-14(7-15(9-16)24(26,27)28)21(35)30-22-29-18-10-17(31-5-6-36-11-20(31)34)1-2-19(18)32(22)12-23(13-33)3-4-23;24-21(25)15-4-3-5-16(12-15)22(32)27-23-26-18-13-17(28-9-11-33-14-20(28)31)6-7-19(18)29(23)8-1-2-10-30;1-15(8-10-28)27-20-7-6-17(26-9-11-33-14-21(26)29)13-19(20)24-23(27)25-22(30)16-4-3-5-18(12-16)34(2,31)32/h1-3,6,9,12-13,18,20,31H,4-5,7-8,10-11,15H2,(H,27,28,33);1-2,7-10,33H,3-6,11-13H2,(H,29,30,35);3-7,12-13,21,30H,1-2,8-11,14H2,(H,26,27,32);3-7,12-13,15,28H,8-11,14H2,1-2H3,(H,24,25,30)/t;;;15-/m...1/s1. The number of nitriles is 1. The average Bonchev–Trinajstić information content (AvgIpc) is 1.61. The summed E-state index contributed by atoms with van der Waals surface area (Å²) >= 11 is 0. The number of amides is 8. The van der Waals surface area contributed by atoms with Crippen molar-refractivity contribution in [1.29, 1.82) is 5.26 Å². The van der Waals surface area contributed by atoms with Gasteiger partial charge in [-0.1, -0.05) is 24.3 Å². The highest BCUT2D eigenvalue weighted by atomic mass is 32.2. The van der Waals surface area contributed by atoms with E-state index < -0.39 is 62.5 Å². The minimum atomic E-state index is -4.82. The zero-order chi connectivity index (χ0) is 97.1. The number of aryl methyl sites for hydroxylation is 1. The van der Waals surface area contributed by atoms with Gasteiger partial charge in [0.1, 0.15) is 32.2 Å². The van der Waals surface area contributed by atoms with Gasteiger partial charge in [-0.15, -0.1) is 0 Å². The molecule has 2 saturated carbocycles. The SMILES string of the molecule is C[C@H](CCO)n1c(NC(=O)c2cccc(S(C)(=O)=O)c2)nc2cc(N3CCOCC3=O)ccc21.N#Cc1cccc(C(=O)Nc2nc3cc(N4CCOCC4=O)ccc3n2C2CCC(O)CC2)c1.O=C(Nc1nc2cc(N3CCOCC3=O)ccc2n1CC1(CO)CC1)c1cc(F)cc(C(F)(F)F)c1.O=C(Nc1nc2cc(N3CCOCC3=O)ccc2n1CCCCO)c1cccc(C(F)F)c1. The van der Waals surface area contributed by atoms with Crippen LogP contribution in [-0.4, -0.2) is 226 Å². The van der Waals surface area contributed by atoms with Gasteiger partial charge in [-0.3, -0.25) is 59.6 Å². The number of unbranched alkanes of at least 4 members (excludes halogenated alkanes) is 1. The largest absolute Gasteiger partial charge is 0.416 e. The molecule has 4 aromatic heterocycles. The molecule has 35 nitrogen and oxygen atoms in total. The molecule has 4 aliphatic heterocycles. The first kappa shape index (κ1) is 97.6. The quantitative estimate of drug-likeness (QED) is 0.0195. The van der Waals surface area contributed by atoms with Gasteiger partial charge in [0, 0.05) is 127 Å². The van der Waals surface area contributed by atoms with Gasteiger partial charge in [0.2, 0.25) is 23.8 Å². The monoisotopic (exact) mass is 1910 g/mol. The number of imidazole rings is 4. The summed E-state index contributed by atoms with van der Waals surface area (Å²) in [5, 5.41) is 58.5. The summed E-state index contributed by atoms with van der Waals surface area (Å²) in [5.41, 5.74) is 6.49. The zero-order valence-electron chi connectivity index (χ0n) is 74.3. The fraction of sp³-hybridized carbons (Fsp3) is 0.358. The van der Waals surface area contributed by atoms with Gasteiger partial charge in [0.05, 0.1) is 105 Å². The Balaban J connectivity index is 0.000000139. The summed E-state index contributed by atoms with van der Waals surface area (Å²) in [7, 11) is -3.47. The van der Waals surface area contributed by atoms with E-state index in [1.807, 2.05) is 63.1 Å². The van der Waals surface area contributed by atoms with Crippen molar-refractivity contribution in [3.63, 3.8) is 0 Å². The Morgan fingerprint density at radius 2 is 0.971 bits per heavy atom. The van der Waals surface area contributed by atoms with Crippen molar-refractivity contribution in [3.8, 4) is 6.07 Å². The molecular weight excluding hydrogens is 1810 g/mol. The van der Waals surface area contributed by atoms with Crippen LogP contribution in [0.15, 0.2) is 169 Å². The van der Waals surface area contributed by atoms with Crippen molar-refractivity contribution in [3.05, 3.63) is 209 Å². The zero-order valence-corrected chi connectivity index (χ0v) is 75.1. The Labute approximate surface area is 779 Å². The summed E-state index contributed by atoms with van der Waals surface area (Å²) in [5.74, 6) is -3.20. The summed E-state index contributed by atoms with van der Waals surface area (Å²) < 4.78 is 131. The van der Waals surface area contributed by atoms with E-state index in [0.29, 0.717) is 172 Å². The fourth-order valence-electron chi connectivity index (χ4n) is 16.7. The lowest BCUT2D eigenvalue weighted by Gasteiger charge is -2.28. The van der Waals surface area contributed by atoms with Crippen LogP contribution in [0.2, 0.25) is 0 Å². The smallest absolute Gasteiger partial charge is 0.396 e. The lowest BCUT2D eigenvalue weighted by Crippen LogP contribution is -2.41. The van der Waals surface area contributed by atoms with E-state index >= 15 is 0 Å². The highest BCUT2D eigenvalue weighted by Gasteiger charge is 2.44. The lowest BCUT2D eigenvalue weighted by atomic mass is 9.93. The van der Waals surface area contributed by atoms with Gasteiger partial charge in [0.25, 0.3) is 53.7 Å². The first-order valence-corrected chi connectivity index (χ1v) is 46.1. The van der Waals surface area contributed by atoms with Gasteiger partial charge in [-0.05, 0) is 204 Å². The molecule has 0 radical (unpaired) electrons. The molecule has 6 fully saturated rings. The third-order valence-electron chi connectivity index (χ3n) is 24.2. The van der Waals surface area contributed by atoms with E-state index in [1.165, 1.54) is 42.5 Å². The highest BCUT2D eigenvalue weighted by molar-refractivity contribution is 7.90. The molecule has 718 valence electrons. The number of nitrogens with one attached hydrogen (secondary N) is 4. The van der Waals surface area contributed by atoms with Gasteiger partial charge in [-0.25, -0.2) is 41.5 Å². The number of hydrogen-bond donors (Lipinski definition) is 8. The summed E-state index contributed by atoms with van der Waals surface area (Å²) in [6.45, 7) is 6.11. The van der Waals surface area contributed by atoms with Crippen molar-refractivity contribution in [1.82, 2.24) is 38.2 Å². The van der Waals surface area contributed by atoms with Gasteiger partial charge in [0.15, 0.2) is 9.84 Å². The number of aliphatic hydroxyl groups excluding tert-OH is 4. The molecule has 42 heteroatoms. The number of halogens is 6. The fourth-order valence-corrected chi connectivity index (χ4v) is 17.4. The number of carbonyl (C=O) groups excluding carboxylic acids is 8. The number of aromatic nitrogens is 8. The first-order valence-electron chi connectivity index (χ1n) is 44.2. The Hall–Kier alpha value is -13.9. The van der Waals surface area contributed by atoms with E-state index in [0.717, 1.165) is 66.3 Å².